The van der Waals surface area contributed by atoms with Crippen LogP contribution in [0.3, 0.4) is 0 Å². The Labute approximate surface area is 116 Å². The van der Waals surface area contributed by atoms with E-state index in [1.165, 1.54) is 0 Å². The summed E-state index contributed by atoms with van der Waals surface area (Å²) in [5.41, 5.74) is 1.79. The third kappa shape index (κ3) is 2.67. The summed E-state index contributed by atoms with van der Waals surface area (Å²) in [7, 11) is 0. The standard InChI is InChI=1S/C17H14N2O/c20-17-14-10-4-5-11-15(14)18-16(19-17)12-6-9-13-7-2-1-3-8-13/h1-11H,12H2,(H,18,19,20)/b9-6+. The molecule has 0 amide bonds. The Bertz CT molecular complexity index is 804. The van der Waals surface area contributed by atoms with Gasteiger partial charge < -0.3 is 4.98 Å². The van der Waals surface area contributed by atoms with Gasteiger partial charge in [-0.15, -0.1) is 0 Å². The topological polar surface area (TPSA) is 45.8 Å². The van der Waals surface area contributed by atoms with Gasteiger partial charge in [0.2, 0.25) is 0 Å². The molecule has 3 rings (SSSR count). The lowest BCUT2D eigenvalue weighted by atomic mass is 10.2. The molecule has 0 bridgehead atoms. The molecule has 0 aliphatic heterocycles. The summed E-state index contributed by atoms with van der Waals surface area (Å²) in [5, 5.41) is 0.628. The van der Waals surface area contributed by atoms with Crippen LogP contribution in [0.15, 0.2) is 65.5 Å². The van der Waals surface area contributed by atoms with Crippen LogP contribution in [-0.2, 0) is 6.42 Å². The van der Waals surface area contributed by atoms with Crippen molar-refractivity contribution in [1.82, 2.24) is 9.97 Å². The minimum absolute atomic E-state index is 0.0845. The van der Waals surface area contributed by atoms with Crippen molar-refractivity contribution in [2.75, 3.05) is 0 Å². The first-order valence-corrected chi connectivity index (χ1v) is 6.52. The van der Waals surface area contributed by atoms with E-state index < -0.39 is 0 Å². The number of benzene rings is 2. The second-order valence-electron chi connectivity index (χ2n) is 4.55. The maximum Gasteiger partial charge on any atom is 0.258 e. The number of para-hydroxylation sites is 1. The first-order chi connectivity index (χ1) is 9.83. The Morgan fingerprint density at radius 2 is 1.75 bits per heavy atom. The molecule has 0 aliphatic carbocycles. The van der Waals surface area contributed by atoms with E-state index in [0.717, 1.165) is 11.1 Å². The van der Waals surface area contributed by atoms with Gasteiger partial charge in [-0.1, -0.05) is 54.6 Å². The van der Waals surface area contributed by atoms with E-state index in [2.05, 4.69) is 9.97 Å². The van der Waals surface area contributed by atoms with Gasteiger partial charge in [0.05, 0.1) is 10.9 Å². The van der Waals surface area contributed by atoms with E-state index in [1.54, 1.807) is 6.07 Å². The van der Waals surface area contributed by atoms with Gasteiger partial charge in [-0.05, 0) is 17.7 Å². The molecule has 3 nitrogen and oxygen atoms in total. The Kier molecular flexibility index (Phi) is 3.42. The maximum atomic E-state index is 11.9. The predicted octanol–water partition coefficient (Wildman–Crippen LogP) is 3.18. The fourth-order valence-electron chi connectivity index (χ4n) is 2.10. The lowest BCUT2D eigenvalue weighted by molar-refractivity contribution is 0.997. The average Bonchev–Trinajstić information content (AvgIpc) is 2.48. The number of aromatic nitrogens is 2. The molecule has 0 fully saturated rings. The third-order valence-electron chi connectivity index (χ3n) is 3.08. The molecule has 2 aromatic carbocycles. The van der Waals surface area contributed by atoms with Gasteiger partial charge in [-0.25, -0.2) is 4.98 Å². The molecule has 1 N–H and O–H groups in total. The van der Waals surface area contributed by atoms with Crippen molar-refractivity contribution in [2.24, 2.45) is 0 Å². The highest BCUT2D eigenvalue weighted by molar-refractivity contribution is 5.77. The molecule has 0 radical (unpaired) electrons. The lowest BCUT2D eigenvalue weighted by Gasteiger charge is -2.00. The molecule has 3 heteroatoms. The first kappa shape index (κ1) is 12.4. The molecular formula is C17H14N2O. The van der Waals surface area contributed by atoms with Crippen molar-refractivity contribution in [3.63, 3.8) is 0 Å². The predicted molar refractivity (Wildman–Crippen MR) is 81.5 cm³/mol. The molecule has 20 heavy (non-hydrogen) atoms. The highest BCUT2D eigenvalue weighted by atomic mass is 16.1. The number of hydrogen-bond acceptors (Lipinski definition) is 2. The molecule has 0 saturated carbocycles. The van der Waals surface area contributed by atoms with Gasteiger partial charge in [0.25, 0.3) is 5.56 Å². The van der Waals surface area contributed by atoms with Gasteiger partial charge in [0.15, 0.2) is 0 Å². The van der Waals surface area contributed by atoms with Crippen molar-refractivity contribution in [2.45, 2.75) is 6.42 Å². The third-order valence-corrected chi connectivity index (χ3v) is 3.08. The monoisotopic (exact) mass is 262 g/mol. The fourth-order valence-corrected chi connectivity index (χ4v) is 2.10. The van der Waals surface area contributed by atoms with Crippen LogP contribution in [-0.4, -0.2) is 9.97 Å². The van der Waals surface area contributed by atoms with Crippen molar-refractivity contribution >= 4 is 17.0 Å². The summed E-state index contributed by atoms with van der Waals surface area (Å²) in [4.78, 5) is 19.2. The van der Waals surface area contributed by atoms with Crippen LogP contribution in [0, 0.1) is 0 Å². The van der Waals surface area contributed by atoms with Crippen molar-refractivity contribution < 1.29 is 0 Å². The highest BCUT2D eigenvalue weighted by Crippen LogP contribution is 2.07. The quantitative estimate of drug-likeness (QED) is 0.788. The molecule has 0 aliphatic rings. The van der Waals surface area contributed by atoms with Crippen LogP contribution in [0.4, 0.5) is 0 Å². The minimum atomic E-state index is -0.0845. The van der Waals surface area contributed by atoms with Crippen LogP contribution in [0.5, 0.6) is 0 Å². The lowest BCUT2D eigenvalue weighted by Crippen LogP contribution is -2.11. The maximum absolute atomic E-state index is 11.9. The van der Waals surface area contributed by atoms with E-state index >= 15 is 0 Å². The molecule has 3 aromatic rings. The minimum Gasteiger partial charge on any atom is -0.310 e. The largest absolute Gasteiger partial charge is 0.310 e. The smallest absolute Gasteiger partial charge is 0.258 e. The summed E-state index contributed by atoms with van der Waals surface area (Å²) >= 11 is 0. The summed E-state index contributed by atoms with van der Waals surface area (Å²) in [5.74, 6) is 0.681. The Hall–Kier alpha value is -2.68. The number of nitrogens with one attached hydrogen (secondary N) is 1. The van der Waals surface area contributed by atoms with E-state index in [9.17, 15) is 4.79 Å². The molecule has 1 heterocycles. The van der Waals surface area contributed by atoms with E-state index in [1.807, 2.05) is 60.7 Å². The van der Waals surface area contributed by atoms with Gasteiger partial charge in [0, 0.05) is 6.42 Å². The van der Waals surface area contributed by atoms with Gasteiger partial charge in [0.1, 0.15) is 5.82 Å². The van der Waals surface area contributed by atoms with Crippen molar-refractivity contribution in [3.8, 4) is 0 Å². The van der Waals surface area contributed by atoms with E-state index in [0.29, 0.717) is 17.6 Å². The SMILES string of the molecule is O=c1[nH]c(C/C=C/c2ccccc2)nc2ccccc12. The number of aromatic amines is 1. The van der Waals surface area contributed by atoms with Gasteiger partial charge >= 0.3 is 0 Å². The van der Waals surface area contributed by atoms with Crippen LogP contribution in [0.1, 0.15) is 11.4 Å². The van der Waals surface area contributed by atoms with Crippen LogP contribution < -0.4 is 5.56 Å². The summed E-state index contributed by atoms with van der Waals surface area (Å²) < 4.78 is 0. The zero-order valence-corrected chi connectivity index (χ0v) is 10.9. The number of allylic oxidation sites excluding steroid dienone is 1. The summed E-state index contributed by atoms with van der Waals surface area (Å²) in [6.07, 6.45) is 4.63. The molecular weight excluding hydrogens is 248 g/mol. The molecule has 0 atom stereocenters. The normalized spacial score (nSPS) is 11.2. The molecule has 98 valence electrons. The molecule has 0 unspecified atom stereocenters. The number of hydrogen-bond donors (Lipinski definition) is 1. The molecule has 0 spiro atoms. The van der Waals surface area contributed by atoms with Gasteiger partial charge in [-0.3, -0.25) is 4.79 Å². The number of H-pyrrole nitrogens is 1. The zero-order valence-electron chi connectivity index (χ0n) is 10.9. The van der Waals surface area contributed by atoms with Gasteiger partial charge in [-0.2, -0.15) is 0 Å². The van der Waals surface area contributed by atoms with Crippen molar-refractivity contribution in [3.05, 3.63) is 82.4 Å². The number of nitrogens with zero attached hydrogens (tertiary/aromatic N) is 1. The second kappa shape index (κ2) is 5.53. The highest BCUT2D eigenvalue weighted by Gasteiger charge is 2.01. The summed E-state index contributed by atoms with van der Waals surface area (Å²) in [6, 6.07) is 17.4. The van der Waals surface area contributed by atoms with Crippen LogP contribution >= 0.6 is 0 Å². The molecule has 1 aromatic heterocycles. The first-order valence-electron chi connectivity index (χ1n) is 6.52. The second-order valence-corrected chi connectivity index (χ2v) is 4.55. The average molecular weight is 262 g/mol. The van der Waals surface area contributed by atoms with Crippen LogP contribution in [0.2, 0.25) is 0 Å². The molecule has 0 saturated heterocycles. The number of rotatable bonds is 3. The fraction of sp³-hybridized carbons (Fsp3) is 0.0588. The Morgan fingerprint density at radius 3 is 2.60 bits per heavy atom. The van der Waals surface area contributed by atoms with Crippen LogP contribution in [0.25, 0.3) is 17.0 Å². The van der Waals surface area contributed by atoms with E-state index in [-0.39, 0.29) is 5.56 Å². The van der Waals surface area contributed by atoms with E-state index in [4.69, 9.17) is 0 Å². The Balaban J connectivity index is 1.85. The van der Waals surface area contributed by atoms with Crippen molar-refractivity contribution in [1.29, 1.82) is 0 Å². The zero-order chi connectivity index (χ0) is 13.8. The Morgan fingerprint density at radius 1 is 1.00 bits per heavy atom. The summed E-state index contributed by atoms with van der Waals surface area (Å²) in [6.45, 7) is 0. The number of fused-ring (bicyclic) bond motifs is 1.